The Labute approximate surface area is 126 Å². The van der Waals surface area contributed by atoms with Crippen molar-refractivity contribution in [3.63, 3.8) is 0 Å². The van der Waals surface area contributed by atoms with Gasteiger partial charge in [-0.25, -0.2) is 9.97 Å². The van der Waals surface area contributed by atoms with Crippen molar-refractivity contribution in [3.8, 4) is 11.8 Å². The number of anilines is 1. The van der Waals surface area contributed by atoms with Crippen LogP contribution in [0.15, 0.2) is 45.7 Å². The summed E-state index contributed by atoms with van der Waals surface area (Å²) in [5.74, 6) is 5.14. The number of benzene rings is 1. The zero-order valence-electron chi connectivity index (χ0n) is 9.52. The lowest BCUT2D eigenvalue weighted by Crippen LogP contribution is -2.11. The topological polar surface area (TPSA) is 54.9 Å². The maximum Gasteiger partial charge on any atom is 0.301 e. The fourth-order valence-corrected chi connectivity index (χ4v) is 2.13. The summed E-state index contributed by atoms with van der Waals surface area (Å²) in [6.45, 7) is 0. The molecule has 2 rings (SSSR count). The van der Waals surface area contributed by atoms with Crippen molar-refractivity contribution >= 4 is 43.6 Å². The van der Waals surface area contributed by atoms with Crippen LogP contribution in [0.3, 0.4) is 0 Å². The molecule has 0 saturated carbocycles. The van der Waals surface area contributed by atoms with Crippen LogP contribution in [0.5, 0.6) is 0 Å². The van der Waals surface area contributed by atoms with Crippen LogP contribution in [-0.4, -0.2) is 15.9 Å². The van der Waals surface area contributed by atoms with Crippen molar-refractivity contribution in [3.05, 3.63) is 51.3 Å². The van der Waals surface area contributed by atoms with E-state index >= 15 is 0 Å². The van der Waals surface area contributed by atoms with Gasteiger partial charge in [0, 0.05) is 11.5 Å². The Morgan fingerprint density at radius 2 is 1.95 bits per heavy atom. The maximum atomic E-state index is 11.6. The molecule has 0 atom stereocenters. The lowest BCUT2D eigenvalue weighted by molar-refractivity contribution is -0.111. The Morgan fingerprint density at radius 1 is 1.21 bits per heavy atom. The second-order valence-electron chi connectivity index (χ2n) is 3.40. The molecule has 1 amide bonds. The van der Waals surface area contributed by atoms with E-state index in [-0.39, 0.29) is 0 Å². The van der Waals surface area contributed by atoms with Gasteiger partial charge in [-0.3, -0.25) is 10.1 Å². The number of nitrogens with zero attached hydrogens (tertiary/aromatic N) is 2. The number of hydrogen-bond acceptors (Lipinski definition) is 3. The normalized spacial score (nSPS) is 9.37. The van der Waals surface area contributed by atoms with Crippen LogP contribution in [0.4, 0.5) is 5.82 Å². The quantitative estimate of drug-likeness (QED) is 0.773. The van der Waals surface area contributed by atoms with Crippen LogP contribution in [0.25, 0.3) is 0 Å². The van der Waals surface area contributed by atoms with Crippen LogP contribution in [-0.2, 0) is 4.79 Å². The first kappa shape index (κ1) is 13.7. The number of carbonyl (C=O) groups excluding carboxylic acids is 1. The summed E-state index contributed by atoms with van der Waals surface area (Å²) < 4.78 is 1.02. The van der Waals surface area contributed by atoms with Crippen LogP contribution in [0.2, 0.25) is 0 Å². The van der Waals surface area contributed by atoms with E-state index in [0.717, 1.165) is 5.56 Å². The third-order valence-corrected chi connectivity index (χ3v) is 2.96. The average molecular weight is 381 g/mol. The largest absolute Gasteiger partial charge is 0.301 e. The minimum Gasteiger partial charge on any atom is -0.297 e. The van der Waals surface area contributed by atoms with Gasteiger partial charge in [0.1, 0.15) is 9.21 Å². The SMILES string of the molecule is O=C(C#Cc1ccccc1)Nc1ncc(Br)nc1Br. The lowest BCUT2D eigenvalue weighted by Gasteiger charge is -2.01. The van der Waals surface area contributed by atoms with Gasteiger partial charge in [-0.15, -0.1) is 0 Å². The van der Waals surface area contributed by atoms with Crippen molar-refractivity contribution in [1.82, 2.24) is 9.97 Å². The standard InChI is InChI=1S/C13H7Br2N3O/c14-10-8-16-13(12(15)17-10)18-11(19)7-6-9-4-2-1-3-5-9/h1-5,8H,(H,16,18,19). The first-order valence-corrected chi connectivity index (χ1v) is 6.80. The second kappa shape index (κ2) is 6.45. The molecule has 0 radical (unpaired) electrons. The number of aromatic nitrogens is 2. The Hall–Kier alpha value is -1.71. The maximum absolute atomic E-state index is 11.6. The Kier molecular flexibility index (Phi) is 4.66. The molecule has 19 heavy (non-hydrogen) atoms. The Balaban J connectivity index is 2.08. The molecule has 0 aliphatic heterocycles. The fourth-order valence-electron chi connectivity index (χ4n) is 1.22. The molecule has 6 heteroatoms. The highest BCUT2D eigenvalue weighted by atomic mass is 79.9. The number of halogens is 2. The molecule has 0 aliphatic rings. The van der Waals surface area contributed by atoms with Crippen LogP contribution < -0.4 is 5.32 Å². The Morgan fingerprint density at radius 3 is 2.63 bits per heavy atom. The van der Waals surface area contributed by atoms with Gasteiger partial charge in [-0.1, -0.05) is 24.1 Å². The monoisotopic (exact) mass is 379 g/mol. The van der Waals surface area contributed by atoms with Gasteiger partial charge in [0.15, 0.2) is 5.82 Å². The number of rotatable bonds is 1. The molecule has 0 bridgehead atoms. The van der Waals surface area contributed by atoms with E-state index in [0.29, 0.717) is 15.0 Å². The van der Waals surface area contributed by atoms with Gasteiger partial charge >= 0.3 is 5.91 Å². The smallest absolute Gasteiger partial charge is 0.297 e. The number of carbonyl (C=O) groups is 1. The van der Waals surface area contributed by atoms with E-state index in [1.165, 1.54) is 6.20 Å². The summed E-state index contributed by atoms with van der Waals surface area (Å²) in [5.41, 5.74) is 0.776. The molecule has 0 aliphatic carbocycles. The molecule has 2 aromatic rings. The van der Waals surface area contributed by atoms with Gasteiger partial charge < -0.3 is 0 Å². The molecule has 0 saturated heterocycles. The van der Waals surface area contributed by atoms with E-state index in [1.807, 2.05) is 30.3 Å². The van der Waals surface area contributed by atoms with Gasteiger partial charge in [0.05, 0.1) is 6.20 Å². The van der Waals surface area contributed by atoms with Crippen molar-refractivity contribution in [1.29, 1.82) is 0 Å². The summed E-state index contributed by atoms with van der Waals surface area (Å²) in [4.78, 5) is 19.7. The molecule has 0 spiro atoms. The van der Waals surface area contributed by atoms with Crippen molar-refractivity contribution in [2.45, 2.75) is 0 Å². The van der Waals surface area contributed by atoms with E-state index in [2.05, 4.69) is 59.0 Å². The first-order valence-electron chi connectivity index (χ1n) is 5.21. The molecule has 0 fully saturated rings. The van der Waals surface area contributed by atoms with Crippen molar-refractivity contribution in [2.75, 3.05) is 5.32 Å². The predicted octanol–water partition coefficient (Wildman–Crippen LogP) is 2.99. The molecule has 1 aromatic carbocycles. The van der Waals surface area contributed by atoms with Crippen LogP contribution >= 0.6 is 31.9 Å². The van der Waals surface area contributed by atoms with Crippen molar-refractivity contribution < 1.29 is 4.79 Å². The molecule has 1 N–H and O–H groups in total. The minimum absolute atomic E-state index is 0.329. The highest BCUT2D eigenvalue weighted by molar-refractivity contribution is 9.11. The molecular formula is C13H7Br2N3O. The van der Waals surface area contributed by atoms with E-state index in [1.54, 1.807) is 0 Å². The van der Waals surface area contributed by atoms with Gasteiger partial charge in [0.2, 0.25) is 0 Å². The highest BCUT2D eigenvalue weighted by Gasteiger charge is 2.06. The van der Waals surface area contributed by atoms with Gasteiger partial charge in [-0.2, -0.15) is 0 Å². The summed E-state index contributed by atoms with van der Waals surface area (Å²) in [5, 5.41) is 2.55. The van der Waals surface area contributed by atoms with Gasteiger partial charge in [-0.05, 0) is 44.0 Å². The number of amides is 1. The molecule has 1 aromatic heterocycles. The summed E-state index contributed by atoms with van der Waals surface area (Å²) >= 11 is 6.38. The lowest BCUT2D eigenvalue weighted by atomic mass is 10.2. The summed E-state index contributed by atoms with van der Waals surface area (Å²) in [6, 6.07) is 9.27. The fraction of sp³-hybridized carbons (Fsp3) is 0. The van der Waals surface area contributed by atoms with E-state index in [9.17, 15) is 4.79 Å². The zero-order chi connectivity index (χ0) is 13.7. The third-order valence-electron chi connectivity index (χ3n) is 2.03. The van der Waals surface area contributed by atoms with Crippen molar-refractivity contribution in [2.24, 2.45) is 0 Å². The summed E-state index contributed by atoms with van der Waals surface area (Å²) in [6.07, 6.45) is 1.49. The average Bonchev–Trinajstić information content (AvgIpc) is 2.41. The zero-order valence-corrected chi connectivity index (χ0v) is 12.7. The number of nitrogens with one attached hydrogen (secondary N) is 1. The molecule has 4 nitrogen and oxygen atoms in total. The minimum atomic E-state index is -0.443. The summed E-state index contributed by atoms with van der Waals surface area (Å²) in [7, 11) is 0. The number of hydrogen-bond donors (Lipinski definition) is 1. The second-order valence-corrected chi connectivity index (χ2v) is 4.97. The van der Waals surface area contributed by atoms with Crippen LogP contribution in [0.1, 0.15) is 5.56 Å². The van der Waals surface area contributed by atoms with Gasteiger partial charge in [0.25, 0.3) is 0 Å². The molecule has 94 valence electrons. The first-order chi connectivity index (χ1) is 9.15. The van der Waals surface area contributed by atoms with Crippen LogP contribution in [0, 0.1) is 11.8 Å². The van der Waals surface area contributed by atoms with E-state index < -0.39 is 5.91 Å². The Bertz CT molecular complexity index is 663. The predicted molar refractivity (Wildman–Crippen MR) is 79.4 cm³/mol. The third kappa shape index (κ3) is 4.16. The highest BCUT2D eigenvalue weighted by Crippen LogP contribution is 2.18. The molecular weight excluding hydrogens is 374 g/mol. The van der Waals surface area contributed by atoms with E-state index in [4.69, 9.17) is 0 Å². The molecule has 0 unspecified atom stereocenters. The molecule has 1 heterocycles.